The number of rotatable bonds is 5. The first-order valence-corrected chi connectivity index (χ1v) is 8.66. The van der Waals surface area contributed by atoms with E-state index in [9.17, 15) is 4.79 Å². The van der Waals surface area contributed by atoms with E-state index >= 15 is 0 Å². The second-order valence-electron chi connectivity index (χ2n) is 6.46. The molecule has 2 aromatic heterocycles. The number of ether oxygens (including phenoxy) is 1. The lowest BCUT2D eigenvalue weighted by molar-refractivity contribution is 0.0940. The minimum absolute atomic E-state index is 0.0500. The lowest BCUT2D eigenvalue weighted by Crippen LogP contribution is -2.34. The third-order valence-electron chi connectivity index (χ3n) is 4.56. The van der Waals surface area contributed by atoms with Gasteiger partial charge >= 0.3 is 0 Å². The molecule has 1 aliphatic heterocycles. The van der Waals surface area contributed by atoms with Crippen molar-refractivity contribution in [2.45, 2.75) is 12.8 Å². The number of fused-ring (bicyclic) bond motifs is 2. The fraction of sp³-hybridized carbons (Fsp3) is 0.316. The van der Waals surface area contributed by atoms with Crippen LogP contribution in [0.4, 0.5) is 0 Å². The van der Waals surface area contributed by atoms with Crippen LogP contribution in [0.3, 0.4) is 0 Å². The number of amides is 1. The number of nitrogens with one attached hydrogen (secondary N) is 1. The van der Waals surface area contributed by atoms with Gasteiger partial charge in [0.05, 0.1) is 12.8 Å². The Labute approximate surface area is 150 Å². The first-order chi connectivity index (χ1) is 12.7. The molecular formula is C19H20N4O3. The number of nitrogens with zero attached hydrogens (tertiary/aromatic N) is 3. The van der Waals surface area contributed by atoms with E-state index in [2.05, 4.69) is 21.5 Å². The molecule has 0 spiro atoms. The molecule has 0 fully saturated rings. The second-order valence-corrected chi connectivity index (χ2v) is 6.46. The molecule has 0 radical (unpaired) electrons. The number of aliphatic hydroxyl groups is 1. The van der Waals surface area contributed by atoms with E-state index in [0.717, 1.165) is 17.7 Å². The van der Waals surface area contributed by atoms with Gasteiger partial charge in [0.1, 0.15) is 11.3 Å². The highest BCUT2D eigenvalue weighted by Crippen LogP contribution is 2.26. The highest BCUT2D eigenvalue weighted by atomic mass is 16.5. The van der Waals surface area contributed by atoms with Crippen LogP contribution in [-0.4, -0.2) is 45.4 Å². The van der Waals surface area contributed by atoms with E-state index in [0.29, 0.717) is 30.8 Å². The van der Waals surface area contributed by atoms with Crippen molar-refractivity contribution in [2.75, 3.05) is 19.8 Å². The van der Waals surface area contributed by atoms with E-state index in [4.69, 9.17) is 9.84 Å². The van der Waals surface area contributed by atoms with Crippen molar-refractivity contribution in [3.63, 3.8) is 0 Å². The maximum Gasteiger partial charge on any atom is 0.256 e. The first-order valence-electron chi connectivity index (χ1n) is 8.66. The molecular weight excluding hydrogens is 332 g/mol. The monoisotopic (exact) mass is 352 g/mol. The zero-order chi connectivity index (χ0) is 17.9. The first kappa shape index (κ1) is 16.5. The third kappa shape index (κ3) is 3.25. The number of aromatic nitrogens is 3. The number of hydrogen-bond donors (Lipinski definition) is 2. The summed E-state index contributed by atoms with van der Waals surface area (Å²) >= 11 is 0. The lowest BCUT2D eigenvalue weighted by Gasteiger charge is -2.25. The Morgan fingerprint density at radius 3 is 3.12 bits per heavy atom. The maximum absolute atomic E-state index is 12.5. The van der Waals surface area contributed by atoms with Crippen molar-refractivity contribution in [2.24, 2.45) is 5.92 Å². The van der Waals surface area contributed by atoms with E-state index in [1.807, 2.05) is 18.2 Å². The van der Waals surface area contributed by atoms with Gasteiger partial charge in [-0.15, -0.1) is 0 Å². The van der Waals surface area contributed by atoms with Crippen LogP contribution in [0.5, 0.6) is 5.75 Å². The maximum atomic E-state index is 12.5. The molecule has 3 aromatic rings. The largest absolute Gasteiger partial charge is 0.493 e. The molecule has 2 N–H and O–H groups in total. The van der Waals surface area contributed by atoms with Crippen molar-refractivity contribution in [3.05, 3.63) is 59.5 Å². The summed E-state index contributed by atoms with van der Waals surface area (Å²) in [5.41, 5.74) is 2.99. The Kier molecular flexibility index (Phi) is 4.53. The molecule has 26 heavy (non-hydrogen) atoms. The summed E-state index contributed by atoms with van der Waals surface area (Å²) in [5, 5.41) is 16.2. The summed E-state index contributed by atoms with van der Waals surface area (Å²) in [6.07, 6.45) is 6.35. The lowest BCUT2D eigenvalue weighted by atomic mass is 9.97. The molecule has 1 aliphatic rings. The quantitative estimate of drug-likeness (QED) is 0.721. The zero-order valence-electron chi connectivity index (χ0n) is 14.3. The van der Waals surface area contributed by atoms with Crippen molar-refractivity contribution < 1.29 is 14.6 Å². The van der Waals surface area contributed by atoms with Gasteiger partial charge in [0, 0.05) is 31.5 Å². The number of carbonyl (C=O) groups is 1. The van der Waals surface area contributed by atoms with Crippen LogP contribution < -0.4 is 10.1 Å². The van der Waals surface area contributed by atoms with Crippen molar-refractivity contribution in [1.29, 1.82) is 0 Å². The average Bonchev–Trinajstić information content (AvgIpc) is 3.09. The minimum atomic E-state index is -0.193. The van der Waals surface area contributed by atoms with Crippen molar-refractivity contribution in [1.82, 2.24) is 19.9 Å². The van der Waals surface area contributed by atoms with E-state index in [1.54, 1.807) is 16.9 Å². The summed E-state index contributed by atoms with van der Waals surface area (Å²) in [7, 11) is 0. The topological polar surface area (TPSA) is 88.8 Å². The van der Waals surface area contributed by atoms with Gasteiger partial charge in [0.2, 0.25) is 0 Å². The summed E-state index contributed by atoms with van der Waals surface area (Å²) < 4.78 is 7.33. The number of benzene rings is 1. The van der Waals surface area contributed by atoms with Gasteiger partial charge in [-0.25, -0.2) is 9.50 Å². The van der Waals surface area contributed by atoms with Crippen LogP contribution in [0.2, 0.25) is 0 Å². The average molecular weight is 352 g/mol. The Balaban J connectivity index is 1.42. The number of aliphatic hydroxyl groups excluding tert-OH is 1. The standard InChI is InChI=1S/C19H20N4O3/c24-6-5-13-8-20-18-16(10-22-23(18)11-13)19(25)21-9-14-7-15-3-1-2-4-17(15)26-12-14/h1-4,8,10-11,14,24H,5-7,9,12H2,(H,21,25)/t14-/m0/s1. The molecule has 1 atom stereocenters. The molecule has 0 bridgehead atoms. The van der Waals surface area contributed by atoms with Gasteiger partial charge in [0.25, 0.3) is 5.91 Å². The Hall–Kier alpha value is -2.93. The van der Waals surface area contributed by atoms with Crippen LogP contribution in [0.25, 0.3) is 5.65 Å². The van der Waals surface area contributed by atoms with Crippen LogP contribution in [0, 0.1) is 5.92 Å². The molecule has 4 rings (SSSR count). The molecule has 3 heterocycles. The molecule has 0 aliphatic carbocycles. The van der Waals surface area contributed by atoms with Gasteiger partial charge in [-0.05, 0) is 30.0 Å². The minimum Gasteiger partial charge on any atom is -0.493 e. The Morgan fingerprint density at radius 1 is 1.35 bits per heavy atom. The predicted octanol–water partition coefficient (Wildman–Crippen LogP) is 1.25. The van der Waals surface area contributed by atoms with Gasteiger partial charge in [-0.2, -0.15) is 5.10 Å². The molecule has 0 saturated heterocycles. The fourth-order valence-electron chi connectivity index (χ4n) is 3.19. The Bertz CT molecular complexity index is 937. The summed E-state index contributed by atoms with van der Waals surface area (Å²) in [4.78, 5) is 16.8. The molecule has 1 amide bonds. The number of hydrogen-bond acceptors (Lipinski definition) is 5. The van der Waals surface area contributed by atoms with E-state index < -0.39 is 0 Å². The fourth-order valence-corrected chi connectivity index (χ4v) is 3.19. The number of carbonyl (C=O) groups excluding carboxylic acids is 1. The molecule has 134 valence electrons. The molecule has 0 unspecified atom stereocenters. The van der Waals surface area contributed by atoms with Gasteiger partial charge < -0.3 is 15.2 Å². The summed E-state index contributed by atoms with van der Waals surface area (Å²) in [6.45, 7) is 1.18. The highest BCUT2D eigenvalue weighted by Gasteiger charge is 2.21. The van der Waals surface area contributed by atoms with Gasteiger partial charge in [0.15, 0.2) is 5.65 Å². The normalized spacial score (nSPS) is 16.1. The molecule has 1 aromatic carbocycles. The molecule has 7 heteroatoms. The SMILES string of the molecule is O=C(NC[C@H]1COc2ccccc2C1)c1cnn2cc(CCO)cnc12. The van der Waals surface area contributed by atoms with Crippen LogP contribution in [-0.2, 0) is 12.8 Å². The van der Waals surface area contributed by atoms with Crippen LogP contribution >= 0.6 is 0 Å². The zero-order valence-corrected chi connectivity index (χ0v) is 14.3. The van der Waals surface area contributed by atoms with E-state index in [-0.39, 0.29) is 18.4 Å². The smallest absolute Gasteiger partial charge is 0.256 e. The van der Waals surface area contributed by atoms with Crippen LogP contribution in [0.15, 0.2) is 42.9 Å². The summed E-state index contributed by atoms with van der Waals surface area (Å²) in [5.74, 6) is 0.974. The van der Waals surface area contributed by atoms with E-state index in [1.165, 1.54) is 11.8 Å². The second kappa shape index (κ2) is 7.13. The van der Waals surface area contributed by atoms with Gasteiger partial charge in [-0.1, -0.05) is 18.2 Å². The third-order valence-corrected chi connectivity index (χ3v) is 4.56. The molecule has 7 nitrogen and oxygen atoms in total. The van der Waals surface area contributed by atoms with Crippen LogP contribution in [0.1, 0.15) is 21.5 Å². The van der Waals surface area contributed by atoms with Crippen molar-refractivity contribution in [3.8, 4) is 5.75 Å². The van der Waals surface area contributed by atoms with Gasteiger partial charge in [-0.3, -0.25) is 4.79 Å². The number of para-hydroxylation sites is 1. The predicted molar refractivity (Wildman–Crippen MR) is 95.2 cm³/mol. The van der Waals surface area contributed by atoms with Crippen molar-refractivity contribution >= 4 is 11.6 Å². The molecule has 0 saturated carbocycles. The summed E-state index contributed by atoms with van der Waals surface area (Å²) in [6, 6.07) is 7.99. The highest BCUT2D eigenvalue weighted by molar-refractivity contribution is 5.99. The Morgan fingerprint density at radius 2 is 2.23 bits per heavy atom.